The van der Waals surface area contributed by atoms with E-state index in [2.05, 4.69) is 10.1 Å². The third-order valence-electron chi connectivity index (χ3n) is 4.70. The van der Waals surface area contributed by atoms with E-state index in [0.717, 1.165) is 11.3 Å². The summed E-state index contributed by atoms with van der Waals surface area (Å²) < 4.78 is 40.4. The summed E-state index contributed by atoms with van der Waals surface area (Å²) in [7, 11) is -3.57. The van der Waals surface area contributed by atoms with Gasteiger partial charge in [0.15, 0.2) is 5.82 Å². The van der Waals surface area contributed by atoms with E-state index in [4.69, 9.17) is 0 Å². The summed E-state index contributed by atoms with van der Waals surface area (Å²) in [5.74, 6) is 0.198. The number of hydrogen-bond donors (Lipinski definition) is 0. The minimum Gasteiger partial charge on any atom is -0.219 e. The van der Waals surface area contributed by atoms with Crippen LogP contribution in [0, 0.1) is 5.82 Å². The molecule has 0 saturated heterocycles. The van der Waals surface area contributed by atoms with Crippen molar-refractivity contribution in [3.8, 4) is 22.6 Å². The second-order valence-electron chi connectivity index (χ2n) is 6.60. The molecular weight excluding hydrogens is 421 g/mol. The zero-order valence-electron chi connectivity index (χ0n) is 15.4. The second-order valence-corrected chi connectivity index (χ2v) is 9.38. The molecule has 2 heterocycles. The van der Waals surface area contributed by atoms with Gasteiger partial charge in [-0.1, -0.05) is 18.2 Å². The van der Waals surface area contributed by atoms with Crippen molar-refractivity contribution < 1.29 is 12.8 Å². The smallest absolute Gasteiger partial charge is 0.213 e. The Kier molecular flexibility index (Phi) is 4.45. The van der Waals surface area contributed by atoms with Gasteiger partial charge in [-0.25, -0.2) is 17.3 Å². The normalized spacial score (nSPS) is 11.8. The van der Waals surface area contributed by atoms with E-state index < -0.39 is 9.84 Å². The average molecular weight is 436 g/mol. The largest absolute Gasteiger partial charge is 0.219 e. The fourth-order valence-electron chi connectivity index (χ4n) is 3.14. The molecule has 148 valence electrons. The van der Waals surface area contributed by atoms with Gasteiger partial charge in [0.05, 0.1) is 15.5 Å². The number of benzene rings is 3. The minimum absolute atomic E-state index is 0.213. The number of sulfone groups is 1. The first-order chi connectivity index (χ1) is 14.5. The highest BCUT2D eigenvalue weighted by atomic mass is 32.2. The van der Waals surface area contributed by atoms with Crippen LogP contribution >= 0.6 is 11.3 Å². The van der Waals surface area contributed by atoms with Crippen molar-refractivity contribution in [1.82, 2.24) is 14.6 Å². The number of halogens is 1. The van der Waals surface area contributed by atoms with Gasteiger partial charge in [-0.15, -0.1) is 16.4 Å². The molecule has 0 amide bonds. The van der Waals surface area contributed by atoms with Gasteiger partial charge in [-0.2, -0.15) is 4.98 Å². The predicted molar refractivity (Wildman–Crippen MR) is 114 cm³/mol. The van der Waals surface area contributed by atoms with Crippen LogP contribution in [0.25, 0.3) is 27.6 Å². The zero-order valence-corrected chi connectivity index (χ0v) is 17.1. The van der Waals surface area contributed by atoms with Crippen molar-refractivity contribution >= 4 is 26.1 Å². The maximum Gasteiger partial charge on any atom is 0.213 e. The molecule has 5 nitrogen and oxygen atoms in total. The zero-order chi connectivity index (χ0) is 20.7. The van der Waals surface area contributed by atoms with E-state index in [9.17, 15) is 12.8 Å². The molecular formula is C22H14FN3O2S2. The van der Waals surface area contributed by atoms with Gasteiger partial charge >= 0.3 is 0 Å². The Morgan fingerprint density at radius 2 is 1.43 bits per heavy atom. The highest BCUT2D eigenvalue weighted by molar-refractivity contribution is 7.91. The maximum atomic E-state index is 13.2. The van der Waals surface area contributed by atoms with Crippen LogP contribution in [0.2, 0.25) is 0 Å². The Morgan fingerprint density at radius 1 is 0.800 bits per heavy atom. The molecule has 0 N–H and O–H groups in total. The highest BCUT2D eigenvalue weighted by Crippen LogP contribution is 2.28. The Balaban J connectivity index is 1.50. The second kappa shape index (κ2) is 7.16. The lowest BCUT2D eigenvalue weighted by molar-refractivity contribution is 0.596. The number of fused-ring (bicyclic) bond motifs is 1. The Morgan fingerprint density at radius 3 is 2.13 bits per heavy atom. The number of thiazole rings is 1. The summed E-state index contributed by atoms with van der Waals surface area (Å²) in [6, 6.07) is 21.0. The van der Waals surface area contributed by atoms with Gasteiger partial charge in [0.1, 0.15) is 5.82 Å². The average Bonchev–Trinajstić information content (AvgIpc) is 3.36. The molecule has 5 rings (SSSR count). The number of aromatic nitrogens is 3. The van der Waals surface area contributed by atoms with Crippen molar-refractivity contribution in [1.29, 1.82) is 0 Å². The van der Waals surface area contributed by atoms with Gasteiger partial charge in [-0.3, -0.25) is 0 Å². The molecule has 0 unspecified atom stereocenters. The van der Waals surface area contributed by atoms with Gasteiger partial charge < -0.3 is 0 Å². The lowest BCUT2D eigenvalue weighted by atomic mass is 10.2. The van der Waals surface area contributed by atoms with Crippen LogP contribution < -0.4 is 0 Å². The number of nitrogens with zero attached hydrogens (tertiary/aromatic N) is 3. The van der Waals surface area contributed by atoms with Gasteiger partial charge in [0.25, 0.3) is 0 Å². The van der Waals surface area contributed by atoms with Crippen LogP contribution in [0.4, 0.5) is 4.39 Å². The SMILES string of the molecule is O=S(=O)(c1ccccc1)c1ccc(-c2nc3scc(-c4ccc(F)cc4)n3n2)cc1. The number of hydrogen-bond acceptors (Lipinski definition) is 5. The van der Waals surface area contributed by atoms with Gasteiger partial charge in [-0.05, 0) is 60.7 Å². The summed E-state index contributed by atoms with van der Waals surface area (Å²) in [5, 5.41) is 6.48. The van der Waals surface area contributed by atoms with Crippen molar-refractivity contribution in [3.63, 3.8) is 0 Å². The van der Waals surface area contributed by atoms with E-state index >= 15 is 0 Å². The van der Waals surface area contributed by atoms with Crippen LogP contribution in [-0.4, -0.2) is 23.0 Å². The molecule has 0 aliphatic rings. The molecule has 0 spiro atoms. The predicted octanol–water partition coefficient (Wildman–Crippen LogP) is 5.10. The van der Waals surface area contributed by atoms with Crippen molar-refractivity contribution in [2.45, 2.75) is 9.79 Å². The molecule has 5 aromatic rings. The summed E-state index contributed by atoms with van der Waals surface area (Å²) in [5.41, 5.74) is 2.36. The van der Waals surface area contributed by atoms with Crippen LogP contribution in [-0.2, 0) is 9.84 Å². The molecule has 2 aromatic heterocycles. The summed E-state index contributed by atoms with van der Waals surface area (Å²) >= 11 is 1.43. The molecule has 0 aliphatic heterocycles. The maximum absolute atomic E-state index is 13.2. The third kappa shape index (κ3) is 3.20. The van der Waals surface area contributed by atoms with E-state index in [1.54, 1.807) is 71.2 Å². The molecule has 0 radical (unpaired) electrons. The first-order valence-electron chi connectivity index (χ1n) is 9.03. The summed E-state index contributed by atoms with van der Waals surface area (Å²) in [6.07, 6.45) is 0. The fourth-order valence-corrected chi connectivity index (χ4v) is 5.25. The number of rotatable bonds is 4. The van der Waals surface area contributed by atoms with Crippen LogP contribution in [0.15, 0.2) is 94.0 Å². The molecule has 0 bridgehead atoms. The summed E-state index contributed by atoms with van der Waals surface area (Å²) in [4.78, 5) is 5.71. The quantitative estimate of drug-likeness (QED) is 0.394. The molecule has 0 aliphatic carbocycles. The molecule has 8 heteroatoms. The van der Waals surface area contributed by atoms with Gasteiger partial charge in [0, 0.05) is 16.5 Å². The third-order valence-corrected chi connectivity index (χ3v) is 7.30. The van der Waals surface area contributed by atoms with Crippen molar-refractivity contribution in [2.24, 2.45) is 0 Å². The first kappa shape index (κ1) is 18.7. The van der Waals surface area contributed by atoms with Crippen LogP contribution in [0.3, 0.4) is 0 Å². The van der Waals surface area contributed by atoms with E-state index in [1.165, 1.54) is 23.5 Å². The molecule has 3 aromatic carbocycles. The van der Waals surface area contributed by atoms with Crippen molar-refractivity contribution in [3.05, 3.63) is 90.1 Å². The summed E-state index contributed by atoms with van der Waals surface area (Å²) in [6.45, 7) is 0. The Hall–Kier alpha value is -3.36. The highest BCUT2D eigenvalue weighted by Gasteiger charge is 2.18. The van der Waals surface area contributed by atoms with E-state index in [1.807, 2.05) is 5.38 Å². The molecule has 0 saturated carbocycles. The molecule has 0 atom stereocenters. The van der Waals surface area contributed by atoms with E-state index in [0.29, 0.717) is 16.3 Å². The van der Waals surface area contributed by atoms with Crippen molar-refractivity contribution in [2.75, 3.05) is 0 Å². The fraction of sp³-hybridized carbons (Fsp3) is 0. The lowest BCUT2D eigenvalue weighted by Gasteiger charge is -2.05. The standard InChI is InChI=1S/C22H14FN3O2S2/c23-17-10-6-15(7-11-17)20-14-29-22-24-21(25-26(20)22)16-8-12-19(13-9-16)30(27,28)18-4-2-1-3-5-18/h1-14H. The first-order valence-corrected chi connectivity index (χ1v) is 11.4. The Labute approximate surface area is 176 Å². The van der Waals surface area contributed by atoms with Crippen LogP contribution in [0.5, 0.6) is 0 Å². The van der Waals surface area contributed by atoms with Crippen LogP contribution in [0.1, 0.15) is 0 Å². The van der Waals surface area contributed by atoms with Gasteiger partial charge in [0.2, 0.25) is 14.8 Å². The topological polar surface area (TPSA) is 64.3 Å². The minimum atomic E-state index is -3.57. The monoisotopic (exact) mass is 435 g/mol. The Bertz CT molecular complexity index is 1440. The van der Waals surface area contributed by atoms with E-state index in [-0.39, 0.29) is 15.6 Å². The lowest BCUT2D eigenvalue weighted by Crippen LogP contribution is -2.01. The molecule has 30 heavy (non-hydrogen) atoms. The molecule has 0 fully saturated rings.